The number of aliphatic hydroxyl groups is 1. The van der Waals surface area contributed by atoms with Crippen molar-refractivity contribution in [1.82, 2.24) is 9.21 Å². The van der Waals surface area contributed by atoms with Crippen molar-refractivity contribution < 1.29 is 23.0 Å². The lowest BCUT2D eigenvalue weighted by Gasteiger charge is -2.37. The van der Waals surface area contributed by atoms with Crippen LogP contribution in [0.2, 0.25) is 0 Å². The summed E-state index contributed by atoms with van der Waals surface area (Å²) in [5.41, 5.74) is 0.675. The highest BCUT2D eigenvalue weighted by Crippen LogP contribution is 2.34. The van der Waals surface area contributed by atoms with Crippen LogP contribution in [0.5, 0.6) is 5.75 Å². The van der Waals surface area contributed by atoms with Gasteiger partial charge in [0, 0.05) is 44.3 Å². The number of aliphatic hydroxyl groups excluding tert-OH is 1. The van der Waals surface area contributed by atoms with Gasteiger partial charge in [0.15, 0.2) is 0 Å². The third-order valence-electron chi connectivity index (χ3n) is 6.65. The molecule has 33 heavy (non-hydrogen) atoms. The average Bonchev–Trinajstić information content (AvgIpc) is 3.28. The summed E-state index contributed by atoms with van der Waals surface area (Å²) in [6.45, 7) is 5.83. The number of nitrogens with zero attached hydrogens (tertiary/aromatic N) is 2. The van der Waals surface area contributed by atoms with Gasteiger partial charge in [0.25, 0.3) is 0 Å². The summed E-state index contributed by atoms with van der Waals surface area (Å²) in [4.78, 5) is 2.44. The molecule has 1 fully saturated rings. The van der Waals surface area contributed by atoms with E-state index in [4.69, 9.17) is 9.47 Å². The highest BCUT2D eigenvalue weighted by Gasteiger charge is 2.38. The number of ether oxygens (including phenoxy) is 2. The lowest BCUT2D eigenvalue weighted by molar-refractivity contribution is 0.0712. The predicted molar refractivity (Wildman–Crippen MR) is 129 cm³/mol. The summed E-state index contributed by atoms with van der Waals surface area (Å²) in [6.07, 6.45) is 4.97. The molecule has 8 heteroatoms. The maximum atomic E-state index is 13.5. The second kappa shape index (κ2) is 11.7. The zero-order valence-electron chi connectivity index (χ0n) is 20.3. The molecule has 2 aliphatic rings. The quantitative estimate of drug-likeness (QED) is 0.607. The fourth-order valence-electron chi connectivity index (χ4n) is 4.75. The fourth-order valence-corrected chi connectivity index (χ4v) is 6.57. The van der Waals surface area contributed by atoms with E-state index in [0.717, 1.165) is 12.5 Å². The minimum Gasteiger partial charge on any atom is -0.487 e. The molecule has 0 radical (unpaired) electrons. The molecule has 1 aliphatic carbocycles. The van der Waals surface area contributed by atoms with Crippen molar-refractivity contribution in [3.05, 3.63) is 23.8 Å². The minimum absolute atomic E-state index is 0.0591. The molecule has 1 N–H and O–H groups in total. The van der Waals surface area contributed by atoms with Gasteiger partial charge in [-0.3, -0.25) is 0 Å². The molecule has 0 bridgehead atoms. The minimum atomic E-state index is -3.84. The number of methoxy groups -OCH3 is 1. The fraction of sp³-hybridized carbons (Fsp3) is 0.680. The van der Waals surface area contributed by atoms with Crippen molar-refractivity contribution in [3.8, 4) is 17.6 Å². The summed E-state index contributed by atoms with van der Waals surface area (Å²) >= 11 is 0. The summed E-state index contributed by atoms with van der Waals surface area (Å²) in [6, 6.07) is 4.44. The van der Waals surface area contributed by atoms with Crippen LogP contribution in [0.4, 0.5) is 0 Å². The van der Waals surface area contributed by atoms with Crippen LogP contribution < -0.4 is 4.74 Å². The van der Waals surface area contributed by atoms with Gasteiger partial charge in [-0.25, -0.2) is 8.42 Å². The zero-order chi connectivity index (χ0) is 24.0. The Morgan fingerprint density at radius 2 is 2.03 bits per heavy atom. The van der Waals surface area contributed by atoms with Crippen LogP contribution in [0.1, 0.15) is 45.1 Å². The first-order valence-corrected chi connectivity index (χ1v) is 13.3. The van der Waals surface area contributed by atoms with Gasteiger partial charge in [-0.2, -0.15) is 4.31 Å². The number of fused-ring (bicyclic) bond motifs is 1. The Morgan fingerprint density at radius 3 is 2.70 bits per heavy atom. The molecule has 1 heterocycles. The van der Waals surface area contributed by atoms with Crippen molar-refractivity contribution in [2.24, 2.45) is 11.8 Å². The van der Waals surface area contributed by atoms with Crippen molar-refractivity contribution >= 4 is 10.0 Å². The van der Waals surface area contributed by atoms with E-state index in [9.17, 15) is 13.5 Å². The lowest BCUT2D eigenvalue weighted by Crippen LogP contribution is -2.49. The van der Waals surface area contributed by atoms with Crippen molar-refractivity contribution in [3.63, 3.8) is 0 Å². The molecule has 0 amide bonds. The average molecular weight is 479 g/mol. The first kappa shape index (κ1) is 26.0. The molecule has 1 aromatic carbocycles. The van der Waals surface area contributed by atoms with Crippen LogP contribution in [-0.4, -0.2) is 81.9 Å². The molecule has 3 rings (SSSR count). The van der Waals surface area contributed by atoms with Crippen LogP contribution in [0.3, 0.4) is 0 Å². The standard InChI is InChI=1S/C25H38N2O5S/c1-19-15-27(20(2)18-28)33(29,30)25-12-11-21(10-7-13-31-4)14-23(25)32-24(19)17-26(3)16-22-8-5-6-9-22/h11-12,14,19-20,22,24,28H,5-6,8-9,13,15-18H2,1-4H3/t19-,20+,24+/m0/s1. The molecule has 7 nitrogen and oxygen atoms in total. The molecule has 0 unspecified atom stereocenters. The predicted octanol–water partition coefficient (Wildman–Crippen LogP) is 2.58. The number of hydrogen-bond donors (Lipinski definition) is 1. The highest BCUT2D eigenvalue weighted by molar-refractivity contribution is 7.89. The molecular formula is C25H38N2O5S. The summed E-state index contributed by atoms with van der Waals surface area (Å²) in [5, 5.41) is 9.78. The van der Waals surface area contributed by atoms with Gasteiger partial charge in [-0.05, 0) is 50.9 Å². The van der Waals surface area contributed by atoms with Crippen molar-refractivity contribution in [1.29, 1.82) is 0 Å². The molecule has 1 aliphatic heterocycles. The molecule has 1 saturated carbocycles. The molecule has 184 valence electrons. The number of sulfonamides is 1. The van der Waals surface area contributed by atoms with Gasteiger partial charge in [0.2, 0.25) is 10.0 Å². The third kappa shape index (κ3) is 6.49. The van der Waals surface area contributed by atoms with Crippen LogP contribution in [-0.2, 0) is 14.8 Å². The Balaban J connectivity index is 1.94. The van der Waals surface area contributed by atoms with Crippen LogP contribution in [0.15, 0.2) is 23.1 Å². The van der Waals surface area contributed by atoms with E-state index in [1.165, 1.54) is 30.0 Å². The maximum absolute atomic E-state index is 13.5. The first-order valence-electron chi connectivity index (χ1n) is 11.9. The second-order valence-corrected chi connectivity index (χ2v) is 11.4. The Labute approximate surface area is 199 Å². The second-order valence-electron chi connectivity index (χ2n) is 9.51. The van der Waals surface area contributed by atoms with Crippen LogP contribution in [0.25, 0.3) is 0 Å². The molecule has 0 saturated heterocycles. The van der Waals surface area contributed by atoms with Gasteiger partial charge < -0.3 is 19.5 Å². The molecular weight excluding hydrogens is 440 g/mol. The normalized spacial score (nSPS) is 24.3. The molecule has 1 aromatic rings. The van der Waals surface area contributed by atoms with Crippen LogP contribution in [0, 0.1) is 23.7 Å². The third-order valence-corrected chi connectivity index (χ3v) is 8.67. The SMILES string of the molecule is COCC#Cc1ccc2c(c1)O[C@H](CN(C)CC1CCCC1)[C@@H](C)CN([C@H](C)CO)S2(=O)=O. The summed E-state index contributed by atoms with van der Waals surface area (Å²) in [5.74, 6) is 6.89. The Kier molecular flexibility index (Phi) is 9.19. The van der Waals surface area contributed by atoms with Crippen LogP contribution >= 0.6 is 0 Å². The smallest absolute Gasteiger partial charge is 0.247 e. The van der Waals surface area contributed by atoms with E-state index in [2.05, 4.69) is 23.8 Å². The lowest BCUT2D eigenvalue weighted by atomic mass is 10.0. The number of hydrogen-bond acceptors (Lipinski definition) is 6. The van der Waals surface area contributed by atoms with Gasteiger partial charge in [0.05, 0.1) is 6.61 Å². The van der Waals surface area contributed by atoms with E-state index in [1.54, 1.807) is 32.2 Å². The van der Waals surface area contributed by atoms with E-state index in [0.29, 0.717) is 31.0 Å². The van der Waals surface area contributed by atoms with E-state index in [-0.39, 0.29) is 23.5 Å². The van der Waals surface area contributed by atoms with Crippen molar-refractivity contribution in [2.45, 2.75) is 56.6 Å². The zero-order valence-corrected chi connectivity index (χ0v) is 21.1. The van der Waals surface area contributed by atoms with E-state index >= 15 is 0 Å². The molecule has 0 aromatic heterocycles. The monoisotopic (exact) mass is 478 g/mol. The Bertz CT molecular complexity index is 949. The maximum Gasteiger partial charge on any atom is 0.247 e. The number of rotatable bonds is 7. The molecule has 0 spiro atoms. The molecule has 3 atom stereocenters. The van der Waals surface area contributed by atoms with Gasteiger partial charge >= 0.3 is 0 Å². The topological polar surface area (TPSA) is 79.3 Å². The summed E-state index contributed by atoms with van der Waals surface area (Å²) < 4.78 is 39.9. The van der Waals surface area contributed by atoms with E-state index < -0.39 is 16.1 Å². The van der Waals surface area contributed by atoms with Gasteiger partial charge in [-0.15, -0.1) is 0 Å². The largest absolute Gasteiger partial charge is 0.487 e. The highest BCUT2D eigenvalue weighted by atomic mass is 32.2. The Hall–Kier alpha value is -1.63. The summed E-state index contributed by atoms with van der Waals surface area (Å²) in [7, 11) is -0.142. The van der Waals surface area contributed by atoms with Gasteiger partial charge in [-0.1, -0.05) is 31.6 Å². The van der Waals surface area contributed by atoms with Gasteiger partial charge in [0.1, 0.15) is 23.4 Å². The Morgan fingerprint density at radius 1 is 1.30 bits per heavy atom. The van der Waals surface area contributed by atoms with Crippen molar-refractivity contribution in [2.75, 3.05) is 47.0 Å². The van der Waals surface area contributed by atoms with E-state index in [1.807, 2.05) is 6.92 Å². The number of likely N-dealkylation sites (N-methyl/N-ethyl adjacent to an activating group) is 1. The number of benzene rings is 1. The first-order chi connectivity index (χ1) is 15.8.